The monoisotopic (exact) mass is 308 g/mol. The normalized spacial score (nSPS) is 16.9. The van der Waals surface area contributed by atoms with Crippen LogP contribution in [-0.4, -0.2) is 12.1 Å². The van der Waals surface area contributed by atoms with Gasteiger partial charge in [0.15, 0.2) is 0 Å². The molecule has 0 bridgehead atoms. The number of amides is 1. The van der Waals surface area contributed by atoms with Crippen LogP contribution in [0.25, 0.3) is 0 Å². The van der Waals surface area contributed by atoms with E-state index in [1.807, 2.05) is 18.3 Å². The van der Waals surface area contributed by atoms with Gasteiger partial charge in [0.2, 0.25) is 0 Å². The molecule has 1 saturated carbocycles. The van der Waals surface area contributed by atoms with Gasteiger partial charge in [0.1, 0.15) is 0 Å². The Morgan fingerprint density at radius 3 is 2.83 bits per heavy atom. The van der Waals surface area contributed by atoms with Gasteiger partial charge in [-0.2, -0.15) is 5.10 Å². The molecule has 0 unspecified atom stereocenters. The minimum atomic E-state index is -0.164. The van der Waals surface area contributed by atoms with Crippen LogP contribution in [0.15, 0.2) is 33.8 Å². The predicted octanol–water partition coefficient (Wildman–Crippen LogP) is 3.75. The molecule has 1 fully saturated rings. The van der Waals surface area contributed by atoms with Gasteiger partial charge in [-0.15, -0.1) is 0 Å². The first-order chi connectivity index (χ1) is 8.75. The smallest absolute Gasteiger partial charge is 0.267 e. The van der Waals surface area contributed by atoms with Crippen LogP contribution < -0.4 is 5.43 Å². The second-order valence-electron chi connectivity index (χ2n) is 4.63. The standard InChI is InChI=1S/C14H17BrN2O/c15-13-8-4-7-12(9-13)14(18)17-16-10-11-5-2-1-3-6-11/h4,7-11H,1-3,5-6H2,(H,17,18)/b16-10+. The molecule has 1 aromatic rings. The van der Waals surface area contributed by atoms with Gasteiger partial charge in [-0.1, -0.05) is 41.3 Å². The summed E-state index contributed by atoms with van der Waals surface area (Å²) in [5.41, 5.74) is 3.20. The van der Waals surface area contributed by atoms with Crippen LogP contribution in [0.5, 0.6) is 0 Å². The molecule has 0 heterocycles. The molecule has 18 heavy (non-hydrogen) atoms. The van der Waals surface area contributed by atoms with Gasteiger partial charge >= 0.3 is 0 Å². The lowest BCUT2D eigenvalue weighted by Crippen LogP contribution is -2.19. The van der Waals surface area contributed by atoms with Crippen LogP contribution in [-0.2, 0) is 0 Å². The number of hydrogen-bond donors (Lipinski definition) is 1. The number of nitrogens with one attached hydrogen (secondary N) is 1. The lowest BCUT2D eigenvalue weighted by atomic mass is 9.90. The number of hydrazone groups is 1. The summed E-state index contributed by atoms with van der Waals surface area (Å²) in [5.74, 6) is 0.366. The zero-order valence-electron chi connectivity index (χ0n) is 10.2. The van der Waals surface area contributed by atoms with E-state index in [4.69, 9.17) is 0 Å². The Hall–Kier alpha value is -1.16. The van der Waals surface area contributed by atoms with E-state index in [2.05, 4.69) is 26.5 Å². The quantitative estimate of drug-likeness (QED) is 0.670. The molecule has 1 aliphatic carbocycles. The first-order valence-electron chi connectivity index (χ1n) is 6.35. The van der Waals surface area contributed by atoms with Crippen molar-refractivity contribution in [1.82, 2.24) is 5.43 Å². The maximum absolute atomic E-state index is 11.8. The van der Waals surface area contributed by atoms with Crippen molar-refractivity contribution in [2.45, 2.75) is 32.1 Å². The highest BCUT2D eigenvalue weighted by atomic mass is 79.9. The molecule has 96 valence electrons. The van der Waals surface area contributed by atoms with Crippen LogP contribution in [0.2, 0.25) is 0 Å². The molecule has 0 spiro atoms. The van der Waals surface area contributed by atoms with E-state index in [0.717, 1.165) is 4.47 Å². The van der Waals surface area contributed by atoms with Crippen molar-refractivity contribution in [3.63, 3.8) is 0 Å². The SMILES string of the molecule is O=C(N/N=C/C1CCCCC1)c1cccc(Br)c1. The fourth-order valence-corrected chi connectivity index (χ4v) is 2.58. The van der Waals surface area contributed by atoms with Crippen molar-refractivity contribution in [1.29, 1.82) is 0 Å². The maximum Gasteiger partial charge on any atom is 0.271 e. The Morgan fingerprint density at radius 1 is 1.33 bits per heavy atom. The molecular formula is C14H17BrN2O. The average molecular weight is 309 g/mol. The molecule has 3 nitrogen and oxygen atoms in total. The van der Waals surface area contributed by atoms with E-state index in [0.29, 0.717) is 11.5 Å². The Balaban J connectivity index is 1.86. The lowest BCUT2D eigenvalue weighted by molar-refractivity contribution is 0.0955. The lowest BCUT2D eigenvalue weighted by Gasteiger charge is -2.16. The first kappa shape index (κ1) is 13.3. The molecule has 2 rings (SSSR count). The van der Waals surface area contributed by atoms with Gasteiger partial charge in [-0.05, 0) is 37.0 Å². The maximum atomic E-state index is 11.8. The number of rotatable bonds is 3. The molecule has 1 aromatic carbocycles. The van der Waals surface area contributed by atoms with Crippen LogP contribution in [0.4, 0.5) is 0 Å². The Labute approximate surface area is 116 Å². The van der Waals surface area contributed by atoms with Crippen molar-refractivity contribution in [2.24, 2.45) is 11.0 Å². The molecule has 1 aliphatic rings. The van der Waals surface area contributed by atoms with Gasteiger partial charge in [0.05, 0.1) is 0 Å². The van der Waals surface area contributed by atoms with Gasteiger partial charge < -0.3 is 0 Å². The van der Waals surface area contributed by atoms with Gasteiger partial charge in [-0.3, -0.25) is 4.79 Å². The number of halogens is 1. The number of benzene rings is 1. The Kier molecular flexibility index (Phi) is 4.93. The molecule has 1 N–H and O–H groups in total. The Bertz CT molecular complexity index is 439. The molecular weight excluding hydrogens is 292 g/mol. The number of carbonyl (C=O) groups is 1. The fourth-order valence-electron chi connectivity index (χ4n) is 2.18. The van der Waals surface area contributed by atoms with Crippen LogP contribution in [0.3, 0.4) is 0 Å². The minimum Gasteiger partial charge on any atom is -0.267 e. The third-order valence-electron chi connectivity index (χ3n) is 3.19. The molecule has 0 atom stereocenters. The molecule has 0 radical (unpaired) electrons. The summed E-state index contributed by atoms with van der Waals surface area (Å²) >= 11 is 3.34. The zero-order chi connectivity index (χ0) is 12.8. The number of nitrogens with zero attached hydrogens (tertiary/aromatic N) is 1. The van der Waals surface area contributed by atoms with E-state index >= 15 is 0 Å². The summed E-state index contributed by atoms with van der Waals surface area (Å²) in [6.45, 7) is 0. The van der Waals surface area contributed by atoms with Crippen LogP contribution in [0.1, 0.15) is 42.5 Å². The molecule has 4 heteroatoms. The average Bonchev–Trinajstić information content (AvgIpc) is 2.40. The second-order valence-corrected chi connectivity index (χ2v) is 5.54. The molecule has 0 saturated heterocycles. The van der Waals surface area contributed by atoms with Gasteiger partial charge in [0, 0.05) is 16.3 Å². The fraction of sp³-hybridized carbons (Fsp3) is 0.429. The van der Waals surface area contributed by atoms with Crippen molar-refractivity contribution in [2.75, 3.05) is 0 Å². The summed E-state index contributed by atoms with van der Waals surface area (Å²) in [7, 11) is 0. The summed E-state index contributed by atoms with van der Waals surface area (Å²) in [4.78, 5) is 11.8. The zero-order valence-corrected chi connectivity index (χ0v) is 11.8. The van der Waals surface area contributed by atoms with Gasteiger partial charge in [-0.25, -0.2) is 5.43 Å². The van der Waals surface area contributed by atoms with Crippen LogP contribution in [0, 0.1) is 5.92 Å². The first-order valence-corrected chi connectivity index (χ1v) is 7.14. The topological polar surface area (TPSA) is 41.5 Å². The van der Waals surface area contributed by atoms with Crippen molar-refractivity contribution in [3.05, 3.63) is 34.3 Å². The van der Waals surface area contributed by atoms with E-state index < -0.39 is 0 Å². The van der Waals surface area contributed by atoms with Crippen molar-refractivity contribution >= 4 is 28.1 Å². The molecule has 0 aromatic heterocycles. The van der Waals surface area contributed by atoms with Gasteiger partial charge in [0.25, 0.3) is 5.91 Å². The largest absolute Gasteiger partial charge is 0.271 e. The highest BCUT2D eigenvalue weighted by molar-refractivity contribution is 9.10. The highest BCUT2D eigenvalue weighted by Crippen LogP contribution is 2.21. The van der Waals surface area contributed by atoms with E-state index in [1.165, 1.54) is 32.1 Å². The second kappa shape index (κ2) is 6.69. The highest BCUT2D eigenvalue weighted by Gasteiger charge is 2.11. The van der Waals surface area contributed by atoms with E-state index in [-0.39, 0.29) is 5.91 Å². The van der Waals surface area contributed by atoms with Crippen LogP contribution >= 0.6 is 15.9 Å². The predicted molar refractivity (Wildman–Crippen MR) is 76.7 cm³/mol. The summed E-state index contributed by atoms with van der Waals surface area (Å²) < 4.78 is 0.895. The summed E-state index contributed by atoms with van der Waals surface area (Å²) in [6.07, 6.45) is 8.14. The van der Waals surface area contributed by atoms with E-state index in [9.17, 15) is 4.79 Å². The Morgan fingerprint density at radius 2 is 2.11 bits per heavy atom. The number of hydrogen-bond acceptors (Lipinski definition) is 2. The molecule has 0 aliphatic heterocycles. The van der Waals surface area contributed by atoms with E-state index in [1.54, 1.807) is 12.1 Å². The summed E-state index contributed by atoms with van der Waals surface area (Å²) in [5, 5.41) is 4.06. The van der Waals surface area contributed by atoms with Crippen molar-refractivity contribution < 1.29 is 4.79 Å². The third kappa shape index (κ3) is 3.95. The molecule has 1 amide bonds. The minimum absolute atomic E-state index is 0.164. The third-order valence-corrected chi connectivity index (χ3v) is 3.68. The number of carbonyl (C=O) groups excluding carboxylic acids is 1. The summed E-state index contributed by atoms with van der Waals surface area (Å²) in [6, 6.07) is 7.29. The van der Waals surface area contributed by atoms with Crippen molar-refractivity contribution in [3.8, 4) is 0 Å².